The molecule has 8 nitrogen and oxygen atoms in total. The first-order chi connectivity index (χ1) is 18.2. The summed E-state index contributed by atoms with van der Waals surface area (Å²) < 4.78 is 20.9. The summed E-state index contributed by atoms with van der Waals surface area (Å²) in [7, 11) is 0. The van der Waals surface area contributed by atoms with E-state index in [0.29, 0.717) is 30.2 Å². The Morgan fingerprint density at radius 2 is 1.89 bits per heavy atom. The molecule has 0 spiro atoms. The summed E-state index contributed by atoms with van der Waals surface area (Å²) in [4.78, 5) is 26.5. The molecule has 0 N–H and O–H groups in total. The van der Waals surface area contributed by atoms with Crippen molar-refractivity contribution < 1.29 is 13.9 Å². The van der Waals surface area contributed by atoms with E-state index in [1.807, 2.05) is 36.4 Å². The van der Waals surface area contributed by atoms with E-state index in [1.165, 1.54) is 12.1 Å². The summed E-state index contributed by atoms with van der Waals surface area (Å²) >= 11 is 0. The van der Waals surface area contributed by atoms with Crippen LogP contribution in [-0.2, 0) is 4.74 Å². The van der Waals surface area contributed by atoms with Gasteiger partial charge in [0.2, 0.25) is 5.78 Å². The highest BCUT2D eigenvalue weighted by Gasteiger charge is 2.28. The summed E-state index contributed by atoms with van der Waals surface area (Å²) in [5, 5.41) is 4.76. The number of ether oxygens (including phenoxy) is 1. The van der Waals surface area contributed by atoms with Crippen LogP contribution in [0.2, 0.25) is 0 Å². The lowest BCUT2D eigenvalue weighted by Gasteiger charge is -2.27. The van der Waals surface area contributed by atoms with E-state index in [-0.39, 0.29) is 17.6 Å². The van der Waals surface area contributed by atoms with Gasteiger partial charge in [0.05, 0.1) is 31.1 Å². The van der Waals surface area contributed by atoms with Crippen LogP contribution >= 0.6 is 0 Å². The van der Waals surface area contributed by atoms with E-state index in [0.717, 1.165) is 49.7 Å². The largest absolute Gasteiger partial charge is 0.378 e. The number of benzene rings is 1. The van der Waals surface area contributed by atoms with Crippen molar-refractivity contribution in [1.29, 1.82) is 0 Å². The molecule has 37 heavy (non-hydrogen) atoms. The molecular formula is C28H27FN6O2. The van der Waals surface area contributed by atoms with Crippen LogP contribution in [0.5, 0.6) is 0 Å². The Hall–Kier alpha value is -4.11. The minimum absolute atomic E-state index is 0.0352. The van der Waals surface area contributed by atoms with E-state index < -0.39 is 0 Å². The van der Waals surface area contributed by atoms with Gasteiger partial charge >= 0.3 is 0 Å². The zero-order valence-corrected chi connectivity index (χ0v) is 20.3. The second kappa shape index (κ2) is 10.1. The monoisotopic (exact) mass is 498 g/mol. The maximum Gasteiger partial charge on any atom is 0.205 e. The molecule has 9 heteroatoms. The Balaban J connectivity index is 1.24. The van der Waals surface area contributed by atoms with Crippen molar-refractivity contribution in [3.8, 4) is 0 Å². The third kappa shape index (κ3) is 4.82. The number of carbonyl (C=O) groups is 1. The third-order valence-corrected chi connectivity index (χ3v) is 6.88. The molecule has 1 aromatic carbocycles. The molecule has 5 heterocycles. The van der Waals surface area contributed by atoms with Crippen LogP contribution in [0.25, 0.3) is 11.7 Å². The average Bonchev–Trinajstić information content (AvgIpc) is 3.60. The van der Waals surface area contributed by atoms with E-state index in [9.17, 15) is 9.18 Å². The summed E-state index contributed by atoms with van der Waals surface area (Å²) in [6, 6.07) is 16.3. The molecule has 2 aliphatic heterocycles. The molecule has 0 amide bonds. The summed E-state index contributed by atoms with van der Waals surface area (Å²) in [6.45, 7) is 3.77. The van der Waals surface area contributed by atoms with E-state index in [2.05, 4.69) is 19.8 Å². The first-order valence-corrected chi connectivity index (χ1v) is 12.5. The van der Waals surface area contributed by atoms with Crippen LogP contribution < -0.4 is 9.80 Å². The molecule has 2 aliphatic rings. The van der Waals surface area contributed by atoms with Crippen LogP contribution in [0.4, 0.5) is 16.0 Å². The number of pyridine rings is 1. The van der Waals surface area contributed by atoms with E-state index in [1.54, 1.807) is 28.9 Å². The number of morpholine rings is 1. The molecule has 4 aromatic rings. The van der Waals surface area contributed by atoms with Crippen molar-refractivity contribution >= 4 is 29.1 Å². The van der Waals surface area contributed by atoms with Gasteiger partial charge < -0.3 is 14.5 Å². The van der Waals surface area contributed by atoms with E-state index >= 15 is 0 Å². The van der Waals surface area contributed by atoms with Crippen molar-refractivity contribution in [3.63, 3.8) is 0 Å². The fraction of sp³-hybridized carbons (Fsp3) is 0.286. The van der Waals surface area contributed by atoms with Crippen molar-refractivity contribution in [2.24, 2.45) is 0 Å². The summed E-state index contributed by atoms with van der Waals surface area (Å²) in [6.07, 6.45) is 6.67. The van der Waals surface area contributed by atoms with Gasteiger partial charge in [-0.25, -0.2) is 18.9 Å². The Bertz CT molecular complexity index is 1460. The zero-order valence-electron chi connectivity index (χ0n) is 20.3. The van der Waals surface area contributed by atoms with Gasteiger partial charge in [0, 0.05) is 19.6 Å². The van der Waals surface area contributed by atoms with E-state index in [4.69, 9.17) is 9.84 Å². The Morgan fingerprint density at radius 3 is 2.76 bits per heavy atom. The highest BCUT2D eigenvalue weighted by atomic mass is 19.1. The predicted octanol–water partition coefficient (Wildman–Crippen LogP) is 4.34. The average molecular weight is 499 g/mol. The molecular weight excluding hydrogens is 471 g/mol. The predicted molar refractivity (Wildman–Crippen MR) is 139 cm³/mol. The van der Waals surface area contributed by atoms with Crippen LogP contribution in [0.1, 0.15) is 40.6 Å². The normalized spacial score (nSPS) is 18.2. The first-order valence-electron chi connectivity index (χ1n) is 12.5. The molecule has 0 bridgehead atoms. The number of halogens is 1. The molecule has 2 saturated heterocycles. The number of fused-ring (bicyclic) bond motifs is 1. The third-order valence-electron chi connectivity index (χ3n) is 6.88. The van der Waals surface area contributed by atoms with Crippen molar-refractivity contribution in [1.82, 2.24) is 19.6 Å². The van der Waals surface area contributed by atoms with Gasteiger partial charge in [0.15, 0.2) is 5.65 Å². The lowest BCUT2D eigenvalue weighted by molar-refractivity contribution is 0.104. The van der Waals surface area contributed by atoms with Gasteiger partial charge in [0.1, 0.15) is 23.1 Å². The highest BCUT2D eigenvalue weighted by Crippen LogP contribution is 2.35. The standard InChI is InChI=1S/C28H27FN6O2/c29-21-5-1-4-20(18-21)23-7-3-13-34(23)28-12-11-26-30-19-24(35(26)32-28)25(36)10-9-22-6-2-8-27(31-22)33-14-16-37-17-15-33/h1-2,4-6,8-12,18-19,23H,3,7,13-17H2/b10-9+. The number of hydrogen-bond acceptors (Lipinski definition) is 7. The minimum atomic E-state index is -0.244. The topological polar surface area (TPSA) is 75.9 Å². The number of ketones is 1. The van der Waals surface area contributed by atoms with Gasteiger partial charge in [0.25, 0.3) is 0 Å². The first kappa shape index (κ1) is 23.3. The lowest BCUT2D eigenvalue weighted by Crippen LogP contribution is -2.36. The molecule has 0 radical (unpaired) electrons. The van der Waals surface area contributed by atoms with Crippen LogP contribution in [0.15, 0.2) is 66.9 Å². The van der Waals surface area contributed by atoms with Crippen LogP contribution in [-0.4, -0.2) is 58.2 Å². The minimum Gasteiger partial charge on any atom is -0.378 e. The fourth-order valence-electron chi connectivity index (χ4n) is 5.03. The van der Waals surface area contributed by atoms with Crippen molar-refractivity contribution in [2.45, 2.75) is 18.9 Å². The number of nitrogens with zero attached hydrogens (tertiary/aromatic N) is 6. The molecule has 1 unspecified atom stereocenters. The number of aromatic nitrogens is 4. The van der Waals surface area contributed by atoms with Gasteiger partial charge in [-0.3, -0.25) is 4.79 Å². The smallest absolute Gasteiger partial charge is 0.205 e. The number of imidazole rings is 1. The fourth-order valence-corrected chi connectivity index (χ4v) is 5.03. The summed E-state index contributed by atoms with van der Waals surface area (Å²) in [5.41, 5.74) is 2.60. The molecule has 0 saturated carbocycles. The summed E-state index contributed by atoms with van der Waals surface area (Å²) in [5.74, 6) is 1.15. The number of hydrogen-bond donors (Lipinski definition) is 0. The molecule has 2 fully saturated rings. The SMILES string of the molecule is O=C(/C=C/c1cccc(N2CCOCC2)n1)c1cnc2ccc(N3CCCC3c3cccc(F)c3)nn12. The van der Waals surface area contributed by atoms with Gasteiger partial charge in [-0.2, -0.15) is 0 Å². The second-order valence-corrected chi connectivity index (χ2v) is 9.23. The maximum absolute atomic E-state index is 13.9. The molecule has 188 valence electrons. The second-order valence-electron chi connectivity index (χ2n) is 9.23. The van der Waals surface area contributed by atoms with Crippen LogP contribution in [0.3, 0.4) is 0 Å². The molecule has 3 aromatic heterocycles. The number of anilines is 2. The number of rotatable bonds is 6. The number of carbonyl (C=O) groups excluding carboxylic acids is 1. The van der Waals surface area contributed by atoms with Gasteiger partial charge in [-0.15, -0.1) is 5.10 Å². The maximum atomic E-state index is 13.9. The Labute approximate surface area is 214 Å². The van der Waals surface area contributed by atoms with Gasteiger partial charge in [-0.05, 0) is 67.0 Å². The lowest BCUT2D eigenvalue weighted by atomic mass is 10.0. The number of allylic oxidation sites excluding steroid dienone is 1. The Kier molecular flexibility index (Phi) is 6.36. The zero-order chi connectivity index (χ0) is 25.2. The highest BCUT2D eigenvalue weighted by molar-refractivity contribution is 6.05. The van der Waals surface area contributed by atoms with Gasteiger partial charge in [-0.1, -0.05) is 18.2 Å². The molecule has 6 rings (SSSR count). The van der Waals surface area contributed by atoms with Crippen molar-refractivity contribution in [2.75, 3.05) is 42.6 Å². The Morgan fingerprint density at radius 1 is 1.03 bits per heavy atom. The quantitative estimate of drug-likeness (QED) is 0.289. The van der Waals surface area contributed by atoms with Crippen molar-refractivity contribution in [3.05, 3.63) is 89.6 Å². The molecule has 0 aliphatic carbocycles. The molecule has 1 atom stereocenters. The van der Waals surface area contributed by atoms with Crippen LogP contribution in [0, 0.1) is 5.82 Å².